The van der Waals surface area contributed by atoms with Crippen LogP contribution < -0.4 is 10.2 Å². The predicted molar refractivity (Wildman–Crippen MR) is 143 cm³/mol. The number of rotatable bonds is 6. The Kier molecular flexibility index (Phi) is 5.06. The van der Waals surface area contributed by atoms with Gasteiger partial charge in [0.2, 0.25) is 17.6 Å². The summed E-state index contributed by atoms with van der Waals surface area (Å²) in [5.74, 6) is 1.14. The number of amides is 2. The Labute approximate surface area is 229 Å². The highest BCUT2D eigenvalue weighted by Gasteiger charge is 2.49. The van der Waals surface area contributed by atoms with Crippen LogP contribution in [0.1, 0.15) is 40.7 Å². The molecule has 1 N–H and O–H groups in total. The van der Waals surface area contributed by atoms with Crippen LogP contribution in [0.2, 0.25) is 0 Å². The lowest BCUT2D eigenvalue weighted by Gasteiger charge is -2.56. The number of fused-ring (bicyclic) bond motifs is 1. The third-order valence-corrected chi connectivity index (χ3v) is 8.49. The molecule has 12 heteroatoms. The van der Waals surface area contributed by atoms with Crippen LogP contribution in [0.15, 0.2) is 41.3 Å². The fourth-order valence-corrected chi connectivity index (χ4v) is 5.75. The molecule has 204 valence electrons. The predicted octanol–water partition coefficient (Wildman–Crippen LogP) is 2.51. The molecular weight excluding hydrogens is 512 g/mol. The number of anilines is 2. The summed E-state index contributed by atoms with van der Waals surface area (Å²) in [5.41, 5.74) is 4.44. The summed E-state index contributed by atoms with van der Waals surface area (Å²) >= 11 is 0. The van der Waals surface area contributed by atoms with E-state index in [1.54, 1.807) is 23.0 Å². The van der Waals surface area contributed by atoms with E-state index in [1.807, 2.05) is 30.2 Å². The molecule has 0 bridgehead atoms. The molecule has 4 aliphatic rings. The summed E-state index contributed by atoms with van der Waals surface area (Å²) in [7, 11) is 0. The van der Waals surface area contributed by atoms with Crippen LogP contribution >= 0.6 is 0 Å². The summed E-state index contributed by atoms with van der Waals surface area (Å²) < 4.78 is 12.6. The Morgan fingerprint density at radius 3 is 2.70 bits per heavy atom. The molecule has 1 spiro atoms. The van der Waals surface area contributed by atoms with Crippen molar-refractivity contribution in [3.05, 3.63) is 53.9 Å². The highest BCUT2D eigenvalue weighted by Crippen LogP contribution is 2.40. The second-order valence-corrected chi connectivity index (χ2v) is 11.6. The fraction of sp³-hybridized carbons (Fsp3) is 0.429. The number of nitrogens with one attached hydrogen (secondary N) is 1. The zero-order valence-electron chi connectivity index (χ0n) is 22.0. The topological polar surface area (TPSA) is 131 Å². The number of ether oxygens (including phenoxy) is 1. The van der Waals surface area contributed by atoms with Crippen molar-refractivity contribution in [2.75, 3.05) is 49.6 Å². The maximum absolute atomic E-state index is 13.4. The molecule has 8 rings (SSSR count). The van der Waals surface area contributed by atoms with Crippen molar-refractivity contribution < 1.29 is 18.8 Å². The SMILES string of the molecule is Cc1ncc(-c2noc(C3CN(C(=O)C4CC4)C3)n2)cc1NC(=O)c1cnn2ccc(N3CC4(COC4)C3)cc12. The summed E-state index contributed by atoms with van der Waals surface area (Å²) in [6.07, 6.45) is 7.13. The zero-order chi connectivity index (χ0) is 27.0. The molecule has 4 aromatic rings. The van der Waals surface area contributed by atoms with Crippen molar-refractivity contribution in [3.63, 3.8) is 0 Å². The number of nitrogens with zero attached hydrogens (tertiary/aromatic N) is 7. The van der Waals surface area contributed by atoms with Crippen molar-refractivity contribution in [1.82, 2.24) is 29.6 Å². The highest BCUT2D eigenvalue weighted by atomic mass is 16.5. The van der Waals surface area contributed by atoms with Crippen LogP contribution in [0.3, 0.4) is 0 Å². The molecule has 12 nitrogen and oxygen atoms in total. The van der Waals surface area contributed by atoms with Crippen LogP contribution in [0.5, 0.6) is 0 Å². The first-order chi connectivity index (χ1) is 19.4. The number of likely N-dealkylation sites (tertiary alicyclic amines) is 1. The molecular formula is C28H28N8O4. The molecule has 7 heterocycles. The number of aromatic nitrogens is 5. The van der Waals surface area contributed by atoms with Gasteiger partial charge in [-0.05, 0) is 38.0 Å². The van der Waals surface area contributed by atoms with Crippen molar-refractivity contribution >= 4 is 28.7 Å². The first kappa shape index (κ1) is 23.6. The third kappa shape index (κ3) is 3.85. The van der Waals surface area contributed by atoms with E-state index in [9.17, 15) is 9.59 Å². The van der Waals surface area contributed by atoms with E-state index in [0.29, 0.717) is 52.7 Å². The summed E-state index contributed by atoms with van der Waals surface area (Å²) in [6.45, 7) is 6.63. The van der Waals surface area contributed by atoms with Gasteiger partial charge in [-0.15, -0.1) is 0 Å². The Hall–Kier alpha value is -4.32. The maximum Gasteiger partial charge on any atom is 0.259 e. The molecule has 3 aliphatic heterocycles. The molecule has 1 aliphatic carbocycles. The molecule has 4 fully saturated rings. The van der Waals surface area contributed by atoms with Crippen molar-refractivity contribution in [2.24, 2.45) is 11.3 Å². The van der Waals surface area contributed by atoms with Crippen LogP contribution in [-0.2, 0) is 9.53 Å². The Bertz CT molecular complexity index is 1660. The largest absolute Gasteiger partial charge is 0.380 e. The molecule has 0 atom stereocenters. The Morgan fingerprint density at radius 1 is 1.12 bits per heavy atom. The van der Waals surface area contributed by atoms with Crippen LogP contribution in [0, 0.1) is 18.3 Å². The highest BCUT2D eigenvalue weighted by molar-refractivity contribution is 6.09. The summed E-state index contributed by atoms with van der Waals surface area (Å²) in [6, 6.07) is 5.84. The van der Waals surface area contributed by atoms with Gasteiger partial charge in [-0.25, -0.2) is 4.52 Å². The number of aryl methyl sites for hydroxylation is 1. The van der Waals surface area contributed by atoms with Gasteiger partial charge in [0, 0.05) is 55.7 Å². The second kappa shape index (κ2) is 8.59. The van der Waals surface area contributed by atoms with Gasteiger partial charge in [-0.1, -0.05) is 5.16 Å². The fourth-order valence-electron chi connectivity index (χ4n) is 5.75. The molecule has 0 radical (unpaired) electrons. The molecule has 0 aromatic carbocycles. The minimum absolute atomic E-state index is 0.0471. The summed E-state index contributed by atoms with van der Waals surface area (Å²) in [4.78, 5) is 38.8. The van der Waals surface area contributed by atoms with Crippen LogP contribution in [0.25, 0.3) is 16.9 Å². The number of carbonyl (C=O) groups is 2. The second-order valence-electron chi connectivity index (χ2n) is 11.6. The third-order valence-electron chi connectivity index (χ3n) is 8.49. The van der Waals surface area contributed by atoms with Crippen LogP contribution in [0.4, 0.5) is 11.4 Å². The van der Waals surface area contributed by atoms with Crippen molar-refractivity contribution in [1.29, 1.82) is 0 Å². The monoisotopic (exact) mass is 540 g/mol. The van der Waals surface area contributed by atoms with Gasteiger partial charge in [0.15, 0.2) is 0 Å². The number of pyridine rings is 2. The standard InChI is InChI=1S/C28H28N8O4/c1-16-22(6-18(8-29-16)24-32-26(40-33-24)19-10-34(11-19)27(38)17-2-3-17)31-25(37)21-9-30-36-5-4-20(7-23(21)36)35-12-28(13-35)14-39-15-28/h4-9,17,19H,2-3,10-15H2,1H3,(H,31,37). The van der Waals surface area contributed by atoms with Gasteiger partial charge in [-0.3, -0.25) is 14.6 Å². The van der Waals surface area contributed by atoms with E-state index in [4.69, 9.17) is 9.26 Å². The average Bonchev–Trinajstić information content (AvgIpc) is 3.46. The molecule has 4 aromatic heterocycles. The van der Waals surface area contributed by atoms with Gasteiger partial charge in [0.05, 0.1) is 53.2 Å². The lowest BCUT2D eigenvalue weighted by Crippen LogP contribution is -2.66. The van der Waals surface area contributed by atoms with Crippen molar-refractivity contribution in [3.8, 4) is 11.4 Å². The van der Waals surface area contributed by atoms with Gasteiger partial charge in [-0.2, -0.15) is 10.1 Å². The summed E-state index contributed by atoms with van der Waals surface area (Å²) in [5, 5.41) is 11.5. The van der Waals surface area contributed by atoms with E-state index in [-0.39, 0.29) is 23.7 Å². The van der Waals surface area contributed by atoms with Gasteiger partial charge < -0.3 is 24.4 Å². The molecule has 2 amide bonds. The average molecular weight is 541 g/mol. The van der Waals surface area contributed by atoms with Gasteiger partial charge in [0.1, 0.15) is 0 Å². The lowest BCUT2D eigenvalue weighted by molar-refractivity contribution is -0.137. The number of carbonyl (C=O) groups excluding carboxylic acids is 2. The number of hydrogen-bond acceptors (Lipinski definition) is 9. The van der Waals surface area contributed by atoms with E-state index >= 15 is 0 Å². The minimum atomic E-state index is -0.273. The van der Waals surface area contributed by atoms with Gasteiger partial charge in [0.25, 0.3) is 5.91 Å². The molecule has 1 saturated carbocycles. The van der Waals surface area contributed by atoms with E-state index in [2.05, 4.69) is 30.4 Å². The smallest absolute Gasteiger partial charge is 0.259 e. The van der Waals surface area contributed by atoms with E-state index < -0.39 is 0 Å². The first-order valence-electron chi connectivity index (χ1n) is 13.7. The lowest BCUT2D eigenvalue weighted by atomic mass is 9.78. The Morgan fingerprint density at radius 2 is 1.95 bits per heavy atom. The zero-order valence-corrected chi connectivity index (χ0v) is 22.0. The Balaban J connectivity index is 0.981. The van der Waals surface area contributed by atoms with E-state index in [0.717, 1.165) is 50.3 Å². The van der Waals surface area contributed by atoms with Gasteiger partial charge >= 0.3 is 0 Å². The van der Waals surface area contributed by atoms with Crippen molar-refractivity contribution in [2.45, 2.75) is 25.7 Å². The quantitative estimate of drug-likeness (QED) is 0.392. The number of hydrogen-bond donors (Lipinski definition) is 1. The first-order valence-corrected chi connectivity index (χ1v) is 13.7. The molecule has 40 heavy (non-hydrogen) atoms. The minimum Gasteiger partial charge on any atom is -0.380 e. The molecule has 3 saturated heterocycles. The normalized spacial score (nSPS) is 19.8. The molecule has 0 unspecified atom stereocenters. The maximum atomic E-state index is 13.4. The van der Waals surface area contributed by atoms with E-state index in [1.165, 1.54) is 0 Å². The van der Waals surface area contributed by atoms with Crippen LogP contribution in [-0.4, -0.2) is 80.8 Å².